The summed E-state index contributed by atoms with van der Waals surface area (Å²) in [5.74, 6) is 0.762. The topological polar surface area (TPSA) is 34.0 Å². The average Bonchev–Trinajstić information content (AvgIpc) is 3.32. The highest BCUT2D eigenvalue weighted by atomic mass is 15.1. The molecule has 0 aliphatic rings. The van der Waals surface area contributed by atoms with Gasteiger partial charge in [0.05, 0.1) is 11.0 Å². The third-order valence-electron chi connectivity index (χ3n) is 7.51. The lowest BCUT2D eigenvalue weighted by Gasteiger charge is -2.25. The van der Waals surface area contributed by atoms with Gasteiger partial charge in [-0.2, -0.15) is 0 Å². The van der Waals surface area contributed by atoms with Crippen LogP contribution in [0.3, 0.4) is 0 Å². The van der Waals surface area contributed by atoms with Crippen molar-refractivity contribution in [1.29, 1.82) is 0 Å². The van der Waals surface area contributed by atoms with E-state index < -0.39 is 0 Å². The Labute approximate surface area is 233 Å². The van der Waals surface area contributed by atoms with Crippen LogP contribution in [0.25, 0.3) is 38.9 Å². The summed E-state index contributed by atoms with van der Waals surface area (Å²) in [5, 5.41) is 2.45. The number of aromatic nitrogens is 3. The Morgan fingerprint density at radius 3 is 1.75 bits per heavy atom. The lowest BCUT2D eigenvalue weighted by atomic mass is 10.0. The van der Waals surface area contributed by atoms with E-state index in [1.54, 1.807) is 12.4 Å². The van der Waals surface area contributed by atoms with Crippen LogP contribution in [-0.2, 0) is 0 Å². The molecule has 0 atom stereocenters. The molecule has 0 amide bonds. The Morgan fingerprint density at radius 2 is 1.10 bits per heavy atom. The van der Waals surface area contributed by atoms with Crippen molar-refractivity contribution < 1.29 is 0 Å². The first-order valence-corrected chi connectivity index (χ1v) is 13.5. The molecule has 0 aliphatic heterocycles. The second-order valence-electron chi connectivity index (χ2n) is 10.1. The minimum atomic E-state index is 0.762. The van der Waals surface area contributed by atoms with Gasteiger partial charge in [0, 0.05) is 51.5 Å². The van der Waals surface area contributed by atoms with Crippen LogP contribution < -0.4 is 4.90 Å². The molecule has 0 unspecified atom stereocenters. The smallest absolute Gasteiger partial charge is 0.159 e. The third-order valence-corrected chi connectivity index (χ3v) is 7.51. The van der Waals surface area contributed by atoms with Crippen LogP contribution in [0.4, 0.5) is 17.1 Å². The number of para-hydroxylation sites is 3. The van der Waals surface area contributed by atoms with Gasteiger partial charge in [-0.1, -0.05) is 54.6 Å². The fourth-order valence-electron chi connectivity index (χ4n) is 5.83. The summed E-state index contributed by atoms with van der Waals surface area (Å²) in [6, 6.07) is 42.9. The first-order chi connectivity index (χ1) is 19.7. The van der Waals surface area contributed by atoms with E-state index in [1.165, 1.54) is 21.8 Å². The van der Waals surface area contributed by atoms with Crippen LogP contribution in [0.5, 0.6) is 0 Å². The first-order valence-electron chi connectivity index (χ1n) is 13.5. The van der Waals surface area contributed by atoms with Gasteiger partial charge in [0.2, 0.25) is 0 Å². The van der Waals surface area contributed by atoms with E-state index in [9.17, 15) is 0 Å². The molecule has 4 nitrogen and oxygen atoms in total. The summed E-state index contributed by atoms with van der Waals surface area (Å²) in [6.45, 7) is 4.29. The number of rotatable bonds is 5. The number of hydrogen-bond acceptors (Lipinski definition) is 3. The monoisotopic (exact) mass is 516 g/mol. The molecule has 7 rings (SSSR count). The maximum absolute atomic E-state index is 4.52. The second-order valence-corrected chi connectivity index (χ2v) is 10.1. The first kappa shape index (κ1) is 23.9. The molecule has 0 spiro atoms. The number of fused-ring (bicyclic) bond motifs is 3. The van der Waals surface area contributed by atoms with E-state index in [4.69, 9.17) is 0 Å². The van der Waals surface area contributed by atoms with Crippen LogP contribution >= 0.6 is 0 Å². The van der Waals surface area contributed by atoms with E-state index in [1.807, 2.05) is 6.07 Å². The number of benzene rings is 5. The maximum Gasteiger partial charge on any atom is 0.159 e. The molecule has 192 valence electrons. The van der Waals surface area contributed by atoms with Crippen molar-refractivity contribution >= 4 is 38.9 Å². The fraction of sp³-hybridized carbons (Fsp3) is 0.0556. The normalized spacial score (nSPS) is 11.2. The van der Waals surface area contributed by atoms with Crippen molar-refractivity contribution in [3.63, 3.8) is 0 Å². The molecule has 0 fully saturated rings. The molecule has 2 aromatic heterocycles. The Morgan fingerprint density at radius 1 is 0.525 bits per heavy atom. The molecule has 4 heteroatoms. The van der Waals surface area contributed by atoms with E-state index in [0.717, 1.165) is 45.3 Å². The van der Waals surface area contributed by atoms with Crippen molar-refractivity contribution in [3.05, 3.63) is 145 Å². The largest absolute Gasteiger partial charge is 0.310 e. The molecule has 2 heterocycles. The van der Waals surface area contributed by atoms with Gasteiger partial charge in [-0.05, 0) is 91.7 Å². The average molecular weight is 517 g/mol. The Balaban J connectivity index is 1.44. The standard InChI is InChI=1S/C36H28N4/c1-25-22-30(23-26(2)35(25)36-37-20-11-21-38-36)40-33-17-10-9-16-31(33)32-24-29(18-19-34(32)40)39(27-12-5-3-6-13-27)28-14-7-4-8-15-28/h3-24H,1-2H3. The zero-order valence-electron chi connectivity index (χ0n) is 22.5. The minimum absolute atomic E-state index is 0.762. The van der Waals surface area contributed by atoms with E-state index in [0.29, 0.717) is 0 Å². The quantitative estimate of drug-likeness (QED) is 0.229. The SMILES string of the molecule is Cc1cc(-n2c3ccccc3c3cc(N(c4ccccc4)c4ccccc4)ccc32)cc(C)c1-c1ncccn1. The maximum atomic E-state index is 4.52. The lowest BCUT2D eigenvalue weighted by molar-refractivity contribution is 1.13. The summed E-state index contributed by atoms with van der Waals surface area (Å²) in [4.78, 5) is 11.3. The molecule has 0 radical (unpaired) electrons. The van der Waals surface area contributed by atoms with Crippen molar-refractivity contribution in [2.45, 2.75) is 13.8 Å². The Bertz CT molecular complexity index is 1900. The summed E-state index contributed by atoms with van der Waals surface area (Å²) >= 11 is 0. The van der Waals surface area contributed by atoms with Gasteiger partial charge in [0.1, 0.15) is 0 Å². The van der Waals surface area contributed by atoms with Crippen LogP contribution in [0.15, 0.2) is 134 Å². The predicted molar refractivity (Wildman–Crippen MR) is 166 cm³/mol. The molecule has 0 aliphatic carbocycles. The molecule has 0 saturated carbocycles. The van der Waals surface area contributed by atoms with Gasteiger partial charge in [0.25, 0.3) is 0 Å². The van der Waals surface area contributed by atoms with Crippen LogP contribution in [0.2, 0.25) is 0 Å². The van der Waals surface area contributed by atoms with Gasteiger partial charge >= 0.3 is 0 Å². The molecule has 0 bridgehead atoms. The van der Waals surface area contributed by atoms with Crippen molar-refractivity contribution in [2.24, 2.45) is 0 Å². The summed E-state index contributed by atoms with van der Waals surface area (Å²) < 4.78 is 2.37. The fourth-order valence-corrected chi connectivity index (χ4v) is 5.83. The van der Waals surface area contributed by atoms with E-state index >= 15 is 0 Å². The van der Waals surface area contributed by atoms with Gasteiger partial charge in [0.15, 0.2) is 5.82 Å². The number of hydrogen-bond donors (Lipinski definition) is 0. The molecule has 40 heavy (non-hydrogen) atoms. The molecule has 5 aromatic carbocycles. The number of nitrogens with zero attached hydrogens (tertiary/aromatic N) is 4. The Kier molecular flexibility index (Phi) is 5.86. The van der Waals surface area contributed by atoms with Crippen LogP contribution in [0.1, 0.15) is 11.1 Å². The highest BCUT2D eigenvalue weighted by Gasteiger charge is 2.18. The zero-order valence-corrected chi connectivity index (χ0v) is 22.5. The zero-order chi connectivity index (χ0) is 27.1. The number of aryl methyl sites for hydroxylation is 2. The minimum Gasteiger partial charge on any atom is -0.310 e. The van der Waals surface area contributed by atoms with Gasteiger partial charge in [-0.3, -0.25) is 0 Å². The van der Waals surface area contributed by atoms with Crippen molar-refractivity contribution in [2.75, 3.05) is 4.90 Å². The summed E-state index contributed by atoms with van der Waals surface area (Å²) in [5.41, 5.74) is 10.3. The molecule has 0 saturated heterocycles. The van der Waals surface area contributed by atoms with Crippen molar-refractivity contribution in [1.82, 2.24) is 14.5 Å². The highest BCUT2D eigenvalue weighted by molar-refractivity contribution is 6.10. The van der Waals surface area contributed by atoms with Gasteiger partial charge < -0.3 is 9.47 Å². The van der Waals surface area contributed by atoms with Gasteiger partial charge in [-0.15, -0.1) is 0 Å². The highest BCUT2D eigenvalue weighted by Crippen LogP contribution is 2.40. The van der Waals surface area contributed by atoms with Crippen LogP contribution in [-0.4, -0.2) is 14.5 Å². The second kappa shape index (κ2) is 9.83. The van der Waals surface area contributed by atoms with E-state index in [-0.39, 0.29) is 0 Å². The Hall–Kier alpha value is -5.22. The molecular formula is C36H28N4. The number of anilines is 3. The third kappa shape index (κ3) is 4.02. The molecular weight excluding hydrogens is 488 g/mol. The lowest BCUT2D eigenvalue weighted by Crippen LogP contribution is -2.09. The van der Waals surface area contributed by atoms with E-state index in [2.05, 4.69) is 149 Å². The predicted octanol–water partition coefficient (Wildman–Crippen LogP) is 9.33. The molecule has 7 aromatic rings. The summed E-state index contributed by atoms with van der Waals surface area (Å²) in [6.07, 6.45) is 3.60. The van der Waals surface area contributed by atoms with Crippen LogP contribution in [0, 0.1) is 13.8 Å². The van der Waals surface area contributed by atoms with Crippen molar-refractivity contribution in [3.8, 4) is 17.1 Å². The molecule has 0 N–H and O–H groups in total. The van der Waals surface area contributed by atoms with Gasteiger partial charge in [-0.25, -0.2) is 9.97 Å². The summed E-state index contributed by atoms with van der Waals surface area (Å²) in [7, 11) is 0.